The van der Waals surface area contributed by atoms with Crippen LogP contribution < -0.4 is 138 Å². The van der Waals surface area contributed by atoms with Crippen molar-refractivity contribution < 1.29 is 152 Å². The van der Waals surface area contributed by atoms with Gasteiger partial charge < -0.3 is 33.5 Å². The maximum Gasteiger partial charge on any atom is 1.00 e. The van der Waals surface area contributed by atoms with Crippen LogP contribution in [0.3, 0.4) is 0 Å². The van der Waals surface area contributed by atoms with Crippen molar-refractivity contribution in [3.8, 4) is 0 Å². The standard InChI is InChI=1S/C2H6O7P2.4Na/c3-1-2(10(4,5)6)11(7,8)9;;;;/h1-2H,(H2,4,5,6)(H2,7,8,9);;;;/q;4*+1/p-4. The minimum atomic E-state index is -5.65. The Kier molecular flexibility index (Phi) is 27.2. The number of carbonyl (C=O) groups is 1. The van der Waals surface area contributed by atoms with E-state index in [1.165, 1.54) is 0 Å². The summed E-state index contributed by atoms with van der Waals surface area (Å²) in [5, 5.41) is -2.98. The van der Waals surface area contributed by atoms with Crippen LogP contribution in [0.4, 0.5) is 0 Å². The fraction of sp³-hybridized carbons (Fsp3) is 0.500. The number of carbonyl (C=O) groups excluding carboxylic acids is 1. The summed E-state index contributed by atoms with van der Waals surface area (Å²) in [5.41, 5.74) is 0. The molecule has 0 bridgehead atoms. The molecule has 0 saturated carbocycles. The number of aldehydes is 1. The topological polar surface area (TPSA) is 143 Å². The zero-order valence-corrected chi connectivity index (χ0v) is 18.7. The van der Waals surface area contributed by atoms with Gasteiger partial charge in [-0.15, -0.1) is 0 Å². The fourth-order valence-corrected chi connectivity index (χ4v) is 2.01. The molecule has 7 nitrogen and oxygen atoms in total. The van der Waals surface area contributed by atoms with Crippen molar-refractivity contribution in [3.05, 3.63) is 0 Å². The molecular weight excluding hydrogens is 290 g/mol. The molecule has 0 unspecified atom stereocenters. The summed E-state index contributed by atoms with van der Waals surface area (Å²) in [6.07, 6.45) is -0.693. The Bertz CT molecular complexity index is 223. The molecule has 0 atom stereocenters. The minimum Gasteiger partial charge on any atom is -0.810 e. The molecule has 0 fully saturated rings. The Morgan fingerprint density at radius 1 is 0.800 bits per heavy atom. The molecular formula is C2H2Na4O7P2. The van der Waals surface area contributed by atoms with E-state index in [9.17, 15) is 33.5 Å². The van der Waals surface area contributed by atoms with E-state index in [0.717, 1.165) is 0 Å². The van der Waals surface area contributed by atoms with Crippen molar-refractivity contribution in [3.63, 3.8) is 0 Å². The zero-order chi connectivity index (χ0) is 9.28. The molecule has 0 saturated heterocycles. The van der Waals surface area contributed by atoms with Crippen LogP contribution in [0.2, 0.25) is 0 Å². The van der Waals surface area contributed by atoms with Crippen molar-refractivity contribution >= 4 is 21.5 Å². The Morgan fingerprint density at radius 2 is 1.00 bits per heavy atom. The molecule has 0 rings (SSSR count). The van der Waals surface area contributed by atoms with Gasteiger partial charge in [0, 0.05) is 0 Å². The van der Waals surface area contributed by atoms with Gasteiger partial charge in [0.05, 0.1) is 5.40 Å². The van der Waals surface area contributed by atoms with Crippen LogP contribution in [0, 0.1) is 0 Å². The van der Waals surface area contributed by atoms with Crippen LogP contribution >= 0.6 is 15.2 Å². The van der Waals surface area contributed by atoms with E-state index >= 15 is 0 Å². The van der Waals surface area contributed by atoms with Crippen LogP contribution in [0.5, 0.6) is 0 Å². The van der Waals surface area contributed by atoms with Gasteiger partial charge in [0.2, 0.25) is 0 Å². The van der Waals surface area contributed by atoms with E-state index in [-0.39, 0.29) is 118 Å². The molecule has 0 heterocycles. The van der Waals surface area contributed by atoms with Crippen LogP contribution in [-0.2, 0) is 13.9 Å². The van der Waals surface area contributed by atoms with E-state index in [2.05, 4.69) is 0 Å². The molecule has 0 aliphatic heterocycles. The third kappa shape index (κ3) is 14.2. The molecule has 0 aliphatic carbocycles. The molecule has 0 aromatic carbocycles. The first-order valence-corrected chi connectivity index (χ1v) is 5.40. The van der Waals surface area contributed by atoms with Gasteiger partial charge in [0.25, 0.3) is 0 Å². The van der Waals surface area contributed by atoms with Gasteiger partial charge in [0.15, 0.2) is 0 Å². The first-order chi connectivity index (χ1) is 4.69. The van der Waals surface area contributed by atoms with E-state index in [1.807, 2.05) is 0 Å². The van der Waals surface area contributed by atoms with E-state index in [0.29, 0.717) is 0 Å². The normalized spacial score (nSPS) is 9.93. The third-order valence-electron chi connectivity index (χ3n) is 0.770. The smallest absolute Gasteiger partial charge is 0.810 e. The maximum absolute atomic E-state index is 9.88. The Morgan fingerprint density at radius 3 is 1.00 bits per heavy atom. The first kappa shape index (κ1) is 31.4. The molecule has 13 heteroatoms. The Balaban J connectivity index is -0.0000000833. The largest absolute Gasteiger partial charge is 1.00 e. The molecule has 0 spiro atoms. The van der Waals surface area contributed by atoms with E-state index < -0.39 is 26.9 Å². The average Bonchev–Trinajstić information content (AvgIpc) is 1.56. The molecule has 66 valence electrons. The Labute approximate surface area is 175 Å². The molecule has 15 heavy (non-hydrogen) atoms. The van der Waals surface area contributed by atoms with Gasteiger partial charge >= 0.3 is 118 Å². The van der Waals surface area contributed by atoms with Crippen LogP contribution in [0.1, 0.15) is 0 Å². The second kappa shape index (κ2) is 13.0. The summed E-state index contributed by atoms with van der Waals surface area (Å²) in [7, 11) is -11.3. The molecule has 0 N–H and O–H groups in total. The van der Waals surface area contributed by atoms with Gasteiger partial charge in [-0.2, -0.15) is 0 Å². The second-order valence-corrected chi connectivity index (χ2v) is 5.31. The van der Waals surface area contributed by atoms with Crippen molar-refractivity contribution in [1.82, 2.24) is 0 Å². The number of hydrogen-bond acceptors (Lipinski definition) is 7. The van der Waals surface area contributed by atoms with Crippen molar-refractivity contribution in [2.75, 3.05) is 0 Å². The van der Waals surface area contributed by atoms with Gasteiger partial charge in [-0.3, -0.25) is 0 Å². The molecule has 0 aliphatic rings. The van der Waals surface area contributed by atoms with Gasteiger partial charge in [-0.25, -0.2) is 0 Å². The summed E-state index contributed by atoms with van der Waals surface area (Å²) in [4.78, 5) is 49.2. The zero-order valence-electron chi connectivity index (χ0n) is 8.91. The summed E-state index contributed by atoms with van der Waals surface area (Å²) < 4.78 is 19.8. The summed E-state index contributed by atoms with van der Waals surface area (Å²) in [6, 6.07) is 0. The summed E-state index contributed by atoms with van der Waals surface area (Å²) in [6.45, 7) is 0. The van der Waals surface area contributed by atoms with Gasteiger partial charge in [-0.1, -0.05) is 15.2 Å². The van der Waals surface area contributed by atoms with Crippen molar-refractivity contribution in [2.24, 2.45) is 0 Å². The number of hydrogen-bond donors (Lipinski definition) is 0. The van der Waals surface area contributed by atoms with Gasteiger partial charge in [0.1, 0.15) is 6.29 Å². The second-order valence-electron chi connectivity index (χ2n) is 1.63. The SMILES string of the molecule is O=CC(P(=O)([O-])[O-])P(=O)([O-])[O-].[Na+].[Na+].[Na+].[Na+]. The summed E-state index contributed by atoms with van der Waals surface area (Å²) in [5.74, 6) is 0. The molecule has 0 amide bonds. The molecule has 0 aromatic rings. The minimum absolute atomic E-state index is 0. The molecule has 0 aromatic heterocycles. The van der Waals surface area contributed by atoms with Gasteiger partial charge in [-0.05, 0) is 0 Å². The molecule has 0 radical (unpaired) electrons. The van der Waals surface area contributed by atoms with E-state index in [4.69, 9.17) is 0 Å². The quantitative estimate of drug-likeness (QED) is 0.285. The monoisotopic (exact) mass is 292 g/mol. The van der Waals surface area contributed by atoms with Crippen LogP contribution in [0.25, 0.3) is 0 Å². The Hall–Kier alpha value is 3.97. The van der Waals surface area contributed by atoms with Crippen LogP contribution in [-0.4, -0.2) is 11.7 Å². The first-order valence-electron chi connectivity index (χ1n) is 2.18. The summed E-state index contributed by atoms with van der Waals surface area (Å²) >= 11 is 0. The maximum atomic E-state index is 9.88. The fourth-order valence-electron chi connectivity index (χ4n) is 0.322. The van der Waals surface area contributed by atoms with Crippen molar-refractivity contribution in [2.45, 2.75) is 5.40 Å². The van der Waals surface area contributed by atoms with Crippen LogP contribution in [0.15, 0.2) is 0 Å². The van der Waals surface area contributed by atoms with E-state index in [1.54, 1.807) is 0 Å². The predicted octanol–water partition coefficient (Wildman–Crippen LogP) is -15.6. The average molecular weight is 292 g/mol. The predicted molar refractivity (Wildman–Crippen MR) is 25.1 cm³/mol. The third-order valence-corrected chi connectivity index (χ3v) is 4.01. The van der Waals surface area contributed by atoms with Crippen molar-refractivity contribution in [1.29, 1.82) is 0 Å². The number of rotatable bonds is 3.